The van der Waals surface area contributed by atoms with Gasteiger partial charge >= 0.3 is 6.09 Å². The number of carbonyl (C=O) groups excluding carboxylic acids is 3. The van der Waals surface area contributed by atoms with E-state index in [2.05, 4.69) is 25.8 Å². The number of ether oxygens (including phenoxy) is 3. The highest BCUT2D eigenvalue weighted by atomic mass is 16.6. The summed E-state index contributed by atoms with van der Waals surface area (Å²) in [6.45, 7) is 11.6. The van der Waals surface area contributed by atoms with E-state index in [0.29, 0.717) is 58.7 Å². The zero-order chi connectivity index (χ0) is 42.9. The summed E-state index contributed by atoms with van der Waals surface area (Å²) in [6, 6.07) is 14.0. The van der Waals surface area contributed by atoms with Crippen molar-refractivity contribution in [3.05, 3.63) is 80.4 Å². The molecule has 2 aliphatic heterocycles. The van der Waals surface area contributed by atoms with Gasteiger partial charge in [0.2, 0.25) is 0 Å². The van der Waals surface area contributed by atoms with E-state index in [1.807, 2.05) is 39.0 Å². The van der Waals surface area contributed by atoms with Crippen LogP contribution in [0.3, 0.4) is 0 Å². The van der Waals surface area contributed by atoms with Crippen molar-refractivity contribution in [1.82, 2.24) is 34.9 Å². The molecule has 5 N–H and O–H groups in total. The molecule has 2 fully saturated rings. The van der Waals surface area contributed by atoms with Crippen LogP contribution in [0, 0.1) is 0 Å². The molecule has 320 valence electrons. The molecule has 0 atom stereocenters. The molecule has 6 rings (SSSR count). The van der Waals surface area contributed by atoms with Crippen LogP contribution < -0.4 is 42.3 Å². The summed E-state index contributed by atoms with van der Waals surface area (Å²) in [7, 11) is 6.26. The van der Waals surface area contributed by atoms with E-state index in [9.17, 15) is 24.0 Å². The van der Waals surface area contributed by atoms with Gasteiger partial charge in [0.05, 0.1) is 36.4 Å². The molecule has 16 nitrogen and oxygen atoms in total. The number of benzene rings is 2. The second-order valence-electron chi connectivity index (χ2n) is 16.0. The average Bonchev–Trinajstić information content (AvgIpc) is 3.22. The van der Waals surface area contributed by atoms with Gasteiger partial charge < -0.3 is 54.8 Å². The first-order valence-electron chi connectivity index (χ1n) is 20.2. The molecule has 0 spiro atoms. The predicted molar refractivity (Wildman–Crippen MR) is 229 cm³/mol. The molecule has 2 saturated heterocycles. The molecule has 59 heavy (non-hydrogen) atoms. The van der Waals surface area contributed by atoms with Gasteiger partial charge in [0.15, 0.2) is 0 Å². The summed E-state index contributed by atoms with van der Waals surface area (Å²) >= 11 is 0. The number of alkyl carbamates (subject to hydrolysis) is 1. The van der Waals surface area contributed by atoms with Gasteiger partial charge in [0.25, 0.3) is 22.9 Å². The van der Waals surface area contributed by atoms with Crippen molar-refractivity contribution in [3.8, 4) is 11.5 Å². The standard InChI is InChI=1S/C24H34N4O5.C19H26N4O3/c1-24(2,3)33-23(31)26-16-8-10-27(11-9-16)12-13-28-20-14-17(32-5)6-7-18(20)19(15-21(28)29)22(30)25-4;1-21-19(25)16-12-18(24)23(10-9-22-7-5-13(20)6-8-22)17-11-14(26-2)3-4-15(16)17/h6-7,14-16H,8-13H2,1-5H3,(H,25,30)(H,26,31);3-4,11-13H,5-10,20H2,1-2H3,(H,21,25). The third-order valence-electron chi connectivity index (χ3n) is 10.8. The maximum absolute atomic E-state index is 12.9. The number of nitrogens with one attached hydrogen (secondary N) is 3. The molecule has 0 radical (unpaired) electrons. The lowest BCUT2D eigenvalue weighted by atomic mass is 10.1. The van der Waals surface area contributed by atoms with Crippen LogP contribution in [0.1, 0.15) is 67.2 Å². The number of nitrogens with zero attached hydrogens (tertiary/aromatic N) is 4. The molecule has 2 aliphatic rings. The molecule has 4 heterocycles. The lowest BCUT2D eigenvalue weighted by molar-refractivity contribution is 0.0478. The lowest BCUT2D eigenvalue weighted by Crippen LogP contribution is -2.46. The van der Waals surface area contributed by atoms with Gasteiger partial charge in [0, 0.05) is 100 Å². The van der Waals surface area contributed by atoms with Crippen LogP contribution in [0.5, 0.6) is 11.5 Å². The van der Waals surface area contributed by atoms with Crippen molar-refractivity contribution < 1.29 is 28.6 Å². The fourth-order valence-electron chi connectivity index (χ4n) is 7.52. The Bertz CT molecular complexity index is 2230. The monoisotopic (exact) mass is 816 g/mol. The third-order valence-corrected chi connectivity index (χ3v) is 10.8. The van der Waals surface area contributed by atoms with E-state index in [1.54, 1.807) is 55.6 Å². The van der Waals surface area contributed by atoms with Gasteiger partial charge in [-0.15, -0.1) is 0 Å². The molecule has 2 aromatic heterocycles. The van der Waals surface area contributed by atoms with Crippen LogP contribution >= 0.6 is 0 Å². The fourth-order valence-corrected chi connectivity index (χ4v) is 7.52. The Labute approximate surface area is 344 Å². The van der Waals surface area contributed by atoms with Crippen LogP contribution in [-0.4, -0.2) is 122 Å². The van der Waals surface area contributed by atoms with Gasteiger partial charge in [0.1, 0.15) is 17.1 Å². The number of piperidine rings is 2. The summed E-state index contributed by atoms with van der Waals surface area (Å²) in [5, 5.41) is 9.58. The predicted octanol–water partition coefficient (Wildman–Crippen LogP) is 3.15. The second-order valence-corrected chi connectivity index (χ2v) is 16.0. The first-order valence-corrected chi connectivity index (χ1v) is 20.2. The molecule has 4 aromatic rings. The number of fused-ring (bicyclic) bond motifs is 2. The molecule has 0 saturated carbocycles. The van der Waals surface area contributed by atoms with E-state index in [4.69, 9.17) is 19.9 Å². The number of carbonyl (C=O) groups is 3. The Balaban J connectivity index is 0.000000230. The first kappa shape index (κ1) is 44.6. The smallest absolute Gasteiger partial charge is 0.407 e. The number of hydrogen-bond donors (Lipinski definition) is 4. The Hall–Kier alpha value is -5.45. The summed E-state index contributed by atoms with van der Waals surface area (Å²) in [5.74, 6) is 0.714. The minimum Gasteiger partial charge on any atom is -0.497 e. The van der Waals surface area contributed by atoms with E-state index in [-0.39, 0.29) is 41.1 Å². The van der Waals surface area contributed by atoms with Crippen LogP contribution in [-0.2, 0) is 17.8 Å². The maximum Gasteiger partial charge on any atom is 0.407 e. The Morgan fingerprint density at radius 1 is 0.678 bits per heavy atom. The number of nitrogens with two attached hydrogens (primary N) is 1. The number of hydrogen-bond acceptors (Lipinski definition) is 11. The van der Waals surface area contributed by atoms with Crippen molar-refractivity contribution in [1.29, 1.82) is 0 Å². The summed E-state index contributed by atoms with van der Waals surface area (Å²) < 4.78 is 19.4. The highest BCUT2D eigenvalue weighted by molar-refractivity contribution is 6.07. The number of pyridine rings is 2. The van der Waals surface area contributed by atoms with Crippen LogP contribution in [0.4, 0.5) is 4.79 Å². The average molecular weight is 817 g/mol. The van der Waals surface area contributed by atoms with Gasteiger partial charge in [-0.25, -0.2) is 4.79 Å². The zero-order valence-electron chi connectivity index (χ0n) is 35.4. The molecule has 0 unspecified atom stereocenters. The van der Waals surface area contributed by atoms with Gasteiger partial charge in [-0.1, -0.05) is 0 Å². The summed E-state index contributed by atoms with van der Waals surface area (Å²) in [5.41, 5.74) is 7.15. The van der Waals surface area contributed by atoms with Crippen molar-refractivity contribution in [2.75, 3.05) is 67.6 Å². The van der Waals surface area contributed by atoms with Crippen molar-refractivity contribution in [2.45, 2.75) is 77.2 Å². The minimum absolute atomic E-state index is 0.0794. The van der Waals surface area contributed by atoms with Crippen LogP contribution in [0.15, 0.2) is 58.1 Å². The van der Waals surface area contributed by atoms with Crippen molar-refractivity contribution >= 4 is 39.7 Å². The van der Waals surface area contributed by atoms with Gasteiger partial charge in [-0.2, -0.15) is 0 Å². The molecule has 0 aliphatic carbocycles. The van der Waals surface area contributed by atoms with Crippen molar-refractivity contribution in [2.24, 2.45) is 5.73 Å². The SMILES string of the molecule is CNC(=O)c1cc(=O)n(CCN2CCC(N)CC2)c2cc(OC)ccc12.CNC(=O)c1cc(=O)n(CCN2CCC(NC(=O)OC(C)(C)C)CC2)c2cc(OC)ccc12. The highest BCUT2D eigenvalue weighted by Gasteiger charge is 2.24. The second kappa shape index (κ2) is 20.0. The fraction of sp³-hybridized carbons (Fsp3) is 0.512. The molecule has 2 aromatic carbocycles. The third kappa shape index (κ3) is 11.6. The highest BCUT2D eigenvalue weighted by Crippen LogP contribution is 2.25. The largest absolute Gasteiger partial charge is 0.497 e. The molecular weight excluding hydrogens is 757 g/mol. The topological polar surface area (TPSA) is 191 Å². The number of rotatable bonds is 11. The number of likely N-dealkylation sites (tertiary alicyclic amines) is 2. The lowest BCUT2D eigenvalue weighted by Gasteiger charge is -2.33. The summed E-state index contributed by atoms with van der Waals surface area (Å²) in [6.07, 6.45) is 3.22. The number of aromatic nitrogens is 2. The molecule has 0 bridgehead atoms. The zero-order valence-corrected chi connectivity index (χ0v) is 35.4. The summed E-state index contributed by atoms with van der Waals surface area (Å²) in [4.78, 5) is 66.7. The van der Waals surface area contributed by atoms with E-state index in [1.165, 1.54) is 12.1 Å². The van der Waals surface area contributed by atoms with E-state index < -0.39 is 5.60 Å². The normalized spacial score (nSPS) is 15.6. The molecule has 16 heteroatoms. The maximum atomic E-state index is 12.9. The Kier molecular flexibility index (Phi) is 15.1. The molecular formula is C43H60N8O8. The first-order chi connectivity index (χ1) is 28.1. The van der Waals surface area contributed by atoms with Crippen LogP contribution in [0.2, 0.25) is 0 Å². The molecule has 3 amide bonds. The number of methoxy groups -OCH3 is 2. The van der Waals surface area contributed by atoms with E-state index >= 15 is 0 Å². The Morgan fingerprint density at radius 3 is 1.49 bits per heavy atom. The quantitative estimate of drug-likeness (QED) is 0.174. The van der Waals surface area contributed by atoms with E-state index in [0.717, 1.165) is 63.8 Å². The number of amides is 3. The van der Waals surface area contributed by atoms with Crippen molar-refractivity contribution in [3.63, 3.8) is 0 Å². The van der Waals surface area contributed by atoms with Gasteiger partial charge in [-0.3, -0.25) is 19.2 Å². The van der Waals surface area contributed by atoms with Crippen LogP contribution in [0.25, 0.3) is 21.8 Å². The van der Waals surface area contributed by atoms with Gasteiger partial charge in [-0.05, 0) is 83.8 Å². The Morgan fingerprint density at radius 2 is 1.10 bits per heavy atom. The minimum atomic E-state index is -0.517.